The summed E-state index contributed by atoms with van der Waals surface area (Å²) in [6.07, 6.45) is -1.08. The average Bonchev–Trinajstić information content (AvgIpc) is 1.58. The van der Waals surface area contributed by atoms with E-state index in [4.69, 9.17) is 5.11 Å². The Morgan fingerprint density at radius 1 is 1.70 bits per heavy atom. The molecule has 0 saturated heterocycles. The summed E-state index contributed by atoms with van der Waals surface area (Å²) in [5.41, 5.74) is 0. The standard InChI is InChI=1S/C4H8O5S/c1-3(2-4(5)6)9-10(7)8/h3,10H,2H2,1H3,(H,5,6)/t3-/m0/s1. The molecule has 0 aromatic carbocycles. The first kappa shape index (κ1) is 9.38. The van der Waals surface area contributed by atoms with Crippen LogP contribution in [0.15, 0.2) is 0 Å². The molecule has 0 radical (unpaired) electrons. The van der Waals surface area contributed by atoms with Gasteiger partial charge in [0, 0.05) is 0 Å². The van der Waals surface area contributed by atoms with E-state index in [-0.39, 0.29) is 6.42 Å². The number of thiol groups is 1. The van der Waals surface area contributed by atoms with Crippen LogP contribution in [0.5, 0.6) is 0 Å². The molecular formula is C4H8O5S. The molecule has 0 aliphatic carbocycles. The van der Waals surface area contributed by atoms with Crippen LogP contribution in [0.3, 0.4) is 0 Å². The average molecular weight is 168 g/mol. The quantitative estimate of drug-likeness (QED) is 0.547. The predicted molar refractivity (Wildman–Crippen MR) is 33.1 cm³/mol. The normalized spacial score (nSPS) is 13.4. The summed E-state index contributed by atoms with van der Waals surface area (Å²) < 4.78 is 23.8. The second-order valence-corrected chi connectivity index (χ2v) is 2.40. The molecule has 0 heterocycles. The highest BCUT2D eigenvalue weighted by molar-refractivity contribution is 7.67. The van der Waals surface area contributed by atoms with E-state index in [1.54, 1.807) is 0 Å². The van der Waals surface area contributed by atoms with Crippen LogP contribution in [0.1, 0.15) is 13.3 Å². The molecule has 0 unspecified atom stereocenters. The van der Waals surface area contributed by atoms with Crippen molar-refractivity contribution in [3.05, 3.63) is 0 Å². The van der Waals surface area contributed by atoms with Crippen LogP contribution in [0.2, 0.25) is 0 Å². The molecule has 10 heavy (non-hydrogen) atoms. The van der Waals surface area contributed by atoms with Gasteiger partial charge in [-0.25, -0.2) is 8.42 Å². The van der Waals surface area contributed by atoms with Crippen molar-refractivity contribution in [3.63, 3.8) is 0 Å². The number of hydrogen-bond donors (Lipinski definition) is 2. The maximum absolute atomic E-state index is 9.91. The first-order valence-electron chi connectivity index (χ1n) is 2.55. The van der Waals surface area contributed by atoms with Gasteiger partial charge in [0.15, 0.2) is 0 Å². The zero-order valence-electron chi connectivity index (χ0n) is 5.31. The topological polar surface area (TPSA) is 80.7 Å². The second kappa shape index (κ2) is 4.24. The van der Waals surface area contributed by atoms with Crippen LogP contribution in [0.4, 0.5) is 0 Å². The molecular weight excluding hydrogens is 160 g/mol. The maximum Gasteiger partial charge on any atom is 0.306 e. The Morgan fingerprint density at radius 2 is 2.20 bits per heavy atom. The van der Waals surface area contributed by atoms with E-state index in [2.05, 4.69) is 4.18 Å². The van der Waals surface area contributed by atoms with Crippen LogP contribution >= 0.6 is 0 Å². The van der Waals surface area contributed by atoms with Crippen LogP contribution in [0.25, 0.3) is 0 Å². The zero-order valence-corrected chi connectivity index (χ0v) is 6.21. The lowest BCUT2D eigenvalue weighted by atomic mass is 10.3. The molecule has 0 aromatic rings. The largest absolute Gasteiger partial charge is 0.481 e. The van der Waals surface area contributed by atoms with E-state index in [0.29, 0.717) is 0 Å². The Hall–Kier alpha value is -0.620. The summed E-state index contributed by atoms with van der Waals surface area (Å²) in [5, 5.41) is 8.12. The molecule has 60 valence electrons. The van der Waals surface area contributed by atoms with Gasteiger partial charge in [-0.1, -0.05) is 0 Å². The highest BCUT2D eigenvalue weighted by Crippen LogP contribution is 1.95. The lowest BCUT2D eigenvalue weighted by Crippen LogP contribution is -2.12. The second-order valence-electron chi connectivity index (χ2n) is 1.74. The SMILES string of the molecule is C[C@@H](CC(=O)O)O[SH](=O)=O. The first-order valence-corrected chi connectivity index (χ1v) is 3.65. The summed E-state index contributed by atoms with van der Waals surface area (Å²) in [4.78, 5) is 9.91. The first-order chi connectivity index (χ1) is 4.52. The van der Waals surface area contributed by atoms with Crippen LogP contribution in [0, 0.1) is 0 Å². The molecule has 0 fully saturated rings. The zero-order chi connectivity index (χ0) is 8.15. The van der Waals surface area contributed by atoms with Crippen molar-refractivity contribution in [2.75, 3.05) is 0 Å². The number of carbonyl (C=O) groups is 1. The molecule has 1 atom stereocenters. The number of carboxylic acid groups (broad SMARTS) is 1. The van der Waals surface area contributed by atoms with Gasteiger partial charge in [0.25, 0.3) is 11.0 Å². The molecule has 0 rings (SSSR count). The molecule has 5 nitrogen and oxygen atoms in total. The summed E-state index contributed by atoms with van der Waals surface area (Å²) in [6, 6.07) is 0. The van der Waals surface area contributed by atoms with Gasteiger partial charge in [0.05, 0.1) is 12.5 Å². The Kier molecular flexibility index (Phi) is 3.97. The number of carboxylic acids is 1. The fraction of sp³-hybridized carbons (Fsp3) is 0.750. The van der Waals surface area contributed by atoms with Crippen molar-refractivity contribution in [3.8, 4) is 0 Å². The fourth-order valence-electron chi connectivity index (χ4n) is 0.430. The van der Waals surface area contributed by atoms with Gasteiger partial charge < -0.3 is 5.11 Å². The fourth-order valence-corrected chi connectivity index (χ4v) is 0.798. The Bertz CT molecular complexity index is 176. The summed E-state index contributed by atoms with van der Waals surface area (Å²) in [7, 11) is -2.93. The Morgan fingerprint density at radius 3 is 2.50 bits per heavy atom. The van der Waals surface area contributed by atoms with Gasteiger partial charge in [0.1, 0.15) is 0 Å². The van der Waals surface area contributed by atoms with Gasteiger partial charge in [-0.3, -0.25) is 8.98 Å². The van der Waals surface area contributed by atoms with E-state index in [1.165, 1.54) is 6.92 Å². The molecule has 0 spiro atoms. The number of rotatable bonds is 4. The summed E-state index contributed by atoms with van der Waals surface area (Å²) in [6.45, 7) is 1.37. The lowest BCUT2D eigenvalue weighted by Gasteiger charge is -2.01. The number of hydrogen-bond acceptors (Lipinski definition) is 4. The van der Waals surface area contributed by atoms with E-state index >= 15 is 0 Å². The third kappa shape index (κ3) is 5.52. The minimum atomic E-state index is -2.93. The van der Waals surface area contributed by atoms with E-state index < -0.39 is 23.1 Å². The van der Waals surface area contributed by atoms with E-state index in [0.717, 1.165) is 0 Å². The van der Waals surface area contributed by atoms with Crippen LogP contribution < -0.4 is 0 Å². The van der Waals surface area contributed by atoms with Crippen molar-refractivity contribution in [1.82, 2.24) is 0 Å². The third-order valence-electron chi connectivity index (χ3n) is 0.728. The van der Waals surface area contributed by atoms with Crippen molar-refractivity contribution < 1.29 is 22.5 Å². The van der Waals surface area contributed by atoms with Gasteiger partial charge in [-0.05, 0) is 6.92 Å². The van der Waals surface area contributed by atoms with Gasteiger partial charge >= 0.3 is 5.97 Å². The van der Waals surface area contributed by atoms with E-state index in [1.807, 2.05) is 0 Å². The minimum Gasteiger partial charge on any atom is -0.481 e. The van der Waals surface area contributed by atoms with Crippen LogP contribution in [-0.4, -0.2) is 25.6 Å². The minimum absolute atomic E-state index is 0.302. The molecule has 0 bridgehead atoms. The van der Waals surface area contributed by atoms with Gasteiger partial charge in [-0.15, -0.1) is 0 Å². The Balaban J connectivity index is 3.63. The maximum atomic E-state index is 9.91. The molecule has 0 amide bonds. The highest BCUT2D eigenvalue weighted by atomic mass is 32.2. The summed E-state index contributed by atoms with van der Waals surface area (Å²) in [5.74, 6) is -1.08. The van der Waals surface area contributed by atoms with Crippen molar-refractivity contribution in [2.24, 2.45) is 0 Å². The third-order valence-corrected chi connectivity index (χ3v) is 1.26. The van der Waals surface area contributed by atoms with Crippen molar-refractivity contribution >= 4 is 17.0 Å². The van der Waals surface area contributed by atoms with E-state index in [9.17, 15) is 13.2 Å². The molecule has 1 N–H and O–H groups in total. The smallest absolute Gasteiger partial charge is 0.306 e. The molecule has 0 saturated carbocycles. The molecule has 0 aliphatic rings. The highest BCUT2D eigenvalue weighted by Gasteiger charge is 2.07. The van der Waals surface area contributed by atoms with Crippen LogP contribution in [-0.2, 0) is 20.0 Å². The molecule has 6 heteroatoms. The monoisotopic (exact) mass is 168 g/mol. The summed E-state index contributed by atoms with van der Waals surface area (Å²) >= 11 is 0. The van der Waals surface area contributed by atoms with Gasteiger partial charge in [-0.2, -0.15) is 0 Å². The lowest BCUT2D eigenvalue weighted by molar-refractivity contribution is -0.138. The van der Waals surface area contributed by atoms with Crippen molar-refractivity contribution in [2.45, 2.75) is 19.4 Å². The molecule has 0 aromatic heterocycles. The number of aliphatic carboxylic acids is 1. The predicted octanol–water partition coefficient (Wildman–Crippen LogP) is -0.607. The van der Waals surface area contributed by atoms with Crippen molar-refractivity contribution in [1.29, 1.82) is 0 Å². The Labute approximate surface area is 59.8 Å². The molecule has 0 aliphatic heterocycles. The van der Waals surface area contributed by atoms with Gasteiger partial charge in [0.2, 0.25) is 0 Å².